The maximum atomic E-state index is 4.83. The number of hydrogen-bond acceptors (Lipinski definition) is 4. The van der Waals surface area contributed by atoms with E-state index in [-0.39, 0.29) is 103 Å². The Kier molecular flexibility index (Phi) is 62.2. The predicted molar refractivity (Wildman–Crippen MR) is 216 cm³/mol. The van der Waals surface area contributed by atoms with Gasteiger partial charge in [0.15, 0.2) is 0 Å². The van der Waals surface area contributed by atoms with Crippen LogP contribution in [-0.4, -0.2) is 52.9 Å². The van der Waals surface area contributed by atoms with E-state index in [0.717, 1.165) is 34.0 Å². The van der Waals surface area contributed by atoms with Crippen LogP contribution in [0.3, 0.4) is 0 Å². The van der Waals surface area contributed by atoms with Crippen molar-refractivity contribution < 1.29 is 68.3 Å². The van der Waals surface area contributed by atoms with Crippen LogP contribution >= 0.6 is 15.8 Å². The summed E-state index contributed by atoms with van der Waals surface area (Å²) < 4.78 is 0.333. The van der Waals surface area contributed by atoms with E-state index in [2.05, 4.69) is 83.1 Å². The summed E-state index contributed by atoms with van der Waals surface area (Å²) >= 11 is 19.3. The Morgan fingerprint density at radius 3 is 0.318 bits per heavy atom. The van der Waals surface area contributed by atoms with Crippen LogP contribution in [0.4, 0.5) is 0 Å². The van der Waals surface area contributed by atoms with E-state index >= 15 is 0 Å². The summed E-state index contributed by atoms with van der Waals surface area (Å²) in [4.78, 5) is 0. The minimum Gasteiger partial charge on any atom is -0.787 e. The summed E-state index contributed by atoms with van der Waals surface area (Å²) in [6, 6.07) is 0. The van der Waals surface area contributed by atoms with Gasteiger partial charge in [-0.05, 0) is 83.1 Å². The van der Waals surface area contributed by atoms with Gasteiger partial charge in [-0.2, -0.15) is 19.0 Å². The van der Waals surface area contributed by atoms with E-state index < -0.39 is 0 Å². The summed E-state index contributed by atoms with van der Waals surface area (Å²) in [6.07, 6.45) is 0. The molecule has 0 aliphatic heterocycles. The van der Waals surface area contributed by atoms with Crippen molar-refractivity contribution in [3.63, 3.8) is 0 Å². The van der Waals surface area contributed by atoms with Crippen LogP contribution in [0.2, 0.25) is 0 Å². The quantitative estimate of drug-likeness (QED) is 0.148. The van der Waals surface area contributed by atoms with Crippen LogP contribution in [0.25, 0.3) is 0 Å². The second-order valence-corrected chi connectivity index (χ2v) is 30.2. The molecule has 292 valence electrons. The van der Waals surface area contributed by atoms with Gasteiger partial charge in [-0.3, -0.25) is 0 Å². The summed E-state index contributed by atoms with van der Waals surface area (Å²) in [7, 11) is -0.191. The van der Waals surface area contributed by atoms with Gasteiger partial charge >= 0.3 is 68.3 Å². The van der Waals surface area contributed by atoms with Crippen LogP contribution in [0.15, 0.2) is 0 Å². The average Bonchev–Trinajstić information content (AvgIpc) is 2.45. The van der Waals surface area contributed by atoms with E-state index in [1.807, 2.05) is 83.1 Å². The molecule has 0 aliphatic carbocycles. The number of hydrogen-bond donors (Lipinski definition) is 0. The normalized spacial score (nSPS) is 11.2. The smallest absolute Gasteiger partial charge is 0.787 e. The van der Waals surface area contributed by atoms with Gasteiger partial charge in [0.05, 0.1) is 34.0 Å². The molecule has 0 N–H and O–H groups in total. The minimum absolute atomic E-state index is 0. The predicted octanol–water partition coefficient (Wildman–Crippen LogP) is 12.2. The molecule has 0 radical (unpaired) electrons. The molecule has 0 rings (SSSR count). The van der Waals surface area contributed by atoms with Crippen molar-refractivity contribution in [3.05, 3.63) is 0 Å². The standard InChI is InChI=1S/2C9H21P.4C4H10S.4Cu/c2*1-7(2)10(8(3)4)9(5)6;4*1-4(2,3)5;;;;/h2*7-9H,1-6H3;4*5H,1-3H3;;;;/q;;;;;;4*+1/p-2. The first-order chi connectivity index (χ1) is 16.9. The second-order valence-electron chi connectivity index (χ2n) is 16.4. The van der Waals surface area contributed by atoms with E-state index in [0.29, 0.717) is 0 Å². The maximum absolute atomic E-state index is 4.83. The molecule has 10 heteroatoms. The van der Waals surface area contributed by atoms with Gasteiger partial charge in [0.25, 0.3) is 0 Å². The van der Waals surface area contributed by atoms with Gasteiger partial charge in [0.1, 0.15) is 0 Å². The fraction of sp³-hybridized carbons (Fsp3) is 1.00. The molecule has 0 amide bonds. The van der Waals surface area contributed by atoms with Crippen LogP contribution in [-0.2, 0) is 119 Å². The third kappa shape index (κ3) is 119. The van der Waals surface area contributed by atoms with Crippen molar-refractivity contribution in [2.75, 3.05) is 0 Å². The molecule has 0 heterocycles. The molecule has 0 nitrogen and oxygen atoms in total. The molecular formula is C34H80Cu4P2S4+2. The Morgan fingerprint density at radius 2 is 0.318 bits per heavy atom. The fourth-order valence-electron chi connectivity index (χ4n) is 4.00. The van der Waals surface area contributed by atoms with Crippen LogP contribution in [0.1, 0.15) is 166 Å². The van der Waals surface area contributed by atoms with Gasteiger partial charge in [0.2, 0.25) is 0 Å². The molecule has 0 aromatic heterocycles. The molecule has 44 heavy (non-hydrogen) atoms. The van der Waals surface area contributed by atoms with Gasteiger partial charge in [0, 0.05) is 15.8 Å². The zero-order valence-electron chi connectivity index (χ0n) is 33.3. The number of rotatable bonds is 6. The monoisotopic (exact) mass is 930 g/mol. The molecule has 0 atom stereocenters. The first-order valence-electron chi connectivity index (χ1n) is 15.5. The Balaban J connectivity index is -0.0000000399. The van der Waals surface area contributed by atoms with Crippen molar-refractivity contribution in [2.24, 2.45) is 0 Å². The Bertz CT molecular complexity index is 401. The van der Waals surface area contributed by atoms with E-state index in [9.17, 15) is 0 Å². The van der Waals surface area contributed by atoms with Crippen LogP contribution in [0, 0.1) is 0 Å². The average molecular weight is 933 g/mol. The van der Waals surface area contributed by atoms with Gasteiger partial charge in [-0.25, -0.2) is 0 Å². The summed E-state index contributed by atoms with van der Waals surface area (Å²) in [5.74, 6) is 0. The minimum atomic E-state index is -0.0957. The van der Waals surface area contributed by atoms with E-state index in [4.69, 9.17) is 50.5 Å². The first kappa shape index (κ1) is 73.7. The van der Waals surface area contributed by atoms with Crippen LogP contribution in [0.5, 0.6) is 0 Å². The maximum Gasteiger partial charge on any atom is 1.00 e. The molecule has 0 bridgehead atoms. The summed E-state index contributed by atoms with van der Waals surface area (Å²) in [5.41, 5.74) is 5.61. The fourth-order valence-corrected chi connectivity index (χ4v) is 12.0. The molecule has 0 aliphatic rings. The summed E-state index contributed by atoms with van der Waals surface area (Å²) in [5, 5.41) is 0. The molecule has 0 aromatic rings. The van der Waals surface area contributed by atoms with Crippen molar-refractivity contribution in [2.45, 2.75) is 219 Å². The molecule has 0 fully saturated rings. The van der Waals surface area contributed by atoms with Gasteiger partial charge in [-0.1, -0.05) is 83.1 Å². The summed E-state index contributed by atoms with van der Waals surface area (Å²) in [6.45, 7) is 52.5. The molecule has 0 saturated heterocycles. The third-order valence-corrected chi connectivity index (χ3v) is 12.0. The van der Waals surface area contributed by atoms with Gasteiger partial charge in [-0.15, -0.1) is 0 Å². The third-order valence-electron chi connectivity index (χ3n) is 4.00. The van der Waals surface area contributed by atoms with Crippen molar-refractivity contribution >= 4 is 66.4 Å². The SMILES string of the molecule is CC(C)(C)[S-].CC(C)(C)[S-].CC(C)(C)[S-].CC(C)(C)[S-].CC(C)[PH+](C(C)C)C(C)C.CC(C)[PH+](C(C)C)C(C)C.[Cu+].[Cu+].[Cu+].[Cu+]. The molecule has 0 saturated carbocycles. The Morgan fingerprint density at radius 1 is 0.273 bits per heavy atom. The van der Waals surface area contributed by atoms with E-state index in [1.54, 1.807) is 0 Å². The topological polar surface area (TPSA) is 0 Å². The van der Waals surface area contributed by atoms with Gasteiger partial charge < -0.3 is 50.5 Å². The first-order valence-corrected chi connectivity index (χ1v) is 20.6. The van der Waals surface area contributed by atoms with E-state index in [1.165, 1.54) is 0 Å². The van der Waals surface area contributed by atoms with Crippen LogP contribution < -0.4 is 0 Å². The zero-order chi connectivity index (χ0) is 34.6. The van der Waals surface area contributed by atoms with Crippen molar-refractivity contribution in [3.8, 4) is 0 Å². The largest absolute Gasteiger partial charge is 1.00 e. The Labute approximate surface area is 350 Å². The molecule has 0 unspecified atom stereocenters. The van der Waals surface area contributed by atoms with Crippen molar-refractivity contribution in [1.82, 2.24) is 0 Å². The second kappa shape index (κ2) is 37.1. The van der Waals surface area contributed by atoms with Crippen molar-refractivity contribution in [1.29, 1.82) is 0 Å². The molecular weight excluding hydrogens is 853 g/mol. The molecule has 0 spiro atoms. The molecule has 0 aromatic carbocycles. The zero-order valence-corrected chi connectivity index (χ0v) is 42.3. The Hall–Kier alpha value is 4.34.